The summed E-state index contributed by atoms with van der Waals surface area (Å²) in [6.07, 6.45) is 0.876. The molecule has 0 spiro atoms. The van der Waals surface area contributed by atoms with Crippen molar-refractivity contribution in [1.29, 1.82) is 0 Å². The Morgan fingerprint density at radius 3 is 2.29 bits per heavy atom. The number of nitrogens with zero attached hydrogens (tertiary/aromatic N) is 3. The Labute approximate surface area is 124 Å². The number of hydrogen-bond acceptors (Lipinski definition) is 3. The Hall–Kier alpha value is -2.36. The number of hydrogen-bond donors (Lipinski definition) is 0. The summed E-state index contributed by atoms with van der Waals surface area (Å²) in [6.45, 7) is 0.855. The fourth-order valence-electron chi connectivity index (χ4n) is 2.41. The lowest BCUT2D eigenvalue weighted by atomic mass is 10.1. The van der Waals surface area contributed by atoms with Crippen LogP contribution in [0, 0.1) is 5.82 Å². The van der Waals surface area contributed by atoms with E-state index in [0.717, 1.165) is 29.9 Å². The zero-order valence-electron chi connectivity index (χ0n) is 12.3. The van der Waals surface area contributed by atoms with Crippen molar-refractivity contribution < 1.29 is 4.39 Å². The number of rotatable bonds is 3. The number of halogens is 1. The van der Waals surface area contributed by atoms with E-state index in [4.69, 9.17) is 0 Å². The maximum Gasteiger partial charge on any atom is 0.123 e. The second-order valence-corrected chi connectivity index (χ2v) is 5.34. The van der Waals surface area contributed by atoms with Gasteiger partial charge in [-0.3, -0.25) is 5.01 Å². The average Bonchev–Trinajstić information content (AvgIpc) is 2.98. The highest BCUT2D eigenvalue weighted by atomic mass is 19.1. The van der Waals surface area contributed by atoms with E-state index in [1.807, 2.05) is 19.1 Å². The molecule has 0 unspecified atom stereocenters. The van der Waals surface area contributed by atoms with E-state index >= 15 is 0 Å². The molecule has 0 fully saturated rings. The van der Waals surface area contributed by atoms with Crippen LogP contribution < -0.4 is 9.91 Å². The quantitative estimate of drug-likeness (QED) is 0.858. The van der Waals surface area contributed by atoms with Crippen LogP contribution in [0.25, 0.3) is 0 Å². The van der Waals surface area contributed by atoms with E-state index < -0.39 is 0 Å². The number of anilines is 2. The van der Waals surface area contributed by atoms with Crippen molar-refractivity contribution in [3.63, 3.8) is 0 Å². The molecular formula is C17H18FN3. The molecule has 0 aliphatic carbocycles. The molecule has 0 radical (unpaired) electrons. The average molecular weight is 283 g/mol. The molecule has 2 aromatic carbocycles. The molecular weight excluding hydrogens is 265 g/mol. The lowest BCUT2D eigenvalue weighted by molar-refractivity contribution is 0.628. The fraction of sp³-hybridized carbons (Fsp3) is 0.235. The Bertz CT molecular complexity index is 645. The van der Waals surface area contributed by atoms with Gasteiger partial charge in [0.25, 0.3) is 0 Å². The van der Waals surface area contributed by atoms with Crippen molar-refractivity contribution >= 4 is 17.1 Å². The summed E-state index contributed by atoms with van der Waals surface area (Å²) in [7, 11) is 4.05. The summed E-state index contributed by atoms with van der Waals surface area (Å²) in [6, 6.07) is 14.8. The number of hydrazone groups is 1. The third-order valence-corrected chi connectivity index (χ3v) is 3.64. The SMILES string of the molecule is CN(C)c1ccc(N2CCC(c3ccc(F)cc3)=N2)cc1. The molecule has 3 rings (SSSR count). The van der Waals surface area contributed by atoms with Gasteiger partial charge in [-0.25, -0.2) is 4.39 Å². The van der Waals surface area contributed by atoms with E-state index in [0.29, 0.717) is 0 Å². The highest BCUT2D eigenvalue weighted by Crippen LogP contribution is 2.24. The zero-order chi connectivity index (χ0) is 14.8. The predicted molar refractivity (Wildman–Crippen MR) is 85.7 cm³/mol. The topological polar surface area (TPSA) is 18.8 Å². The molecule has 0 saturated heterocycles. The third-order valence-electron chi connectivity index (χ3n) is 3.64. The van der Waals surface area contributed by atoms with Gasteiger partial charge < -0.3 is 4.90 Å². The molecule has 21 heavy (non-hydrogen) atoms. The third kappa shape index (κ3) is 2.89. The molecule has 0 aromatic heterocycles. The first-order chi connectivity index (χ1) is 10.1. The van der Waals surface area contributed by atoms with Crippen LogP contribution in [-0.2, 0) is 0 Å². The van der Waals surface area contributed by atoms with Crippen molar-refractivity contribution in [2.45, 2.75) is 6.42 Å². The Morgan fingerprint density at radius 1 is 1.00 bits per heavy atom. The highest BCUT2D eigenvalue weighted by Gasteiger charge is 2.17. The summed E-state index contributed by atoms with van der Waals surface area (Å²) in [4.78, 5) is 2.07. The zero-order valence-corrected chi connectivity index (χ0v) is 12.3. The molecule has 108 valence electrons. The first-order valence-corrected chi connectivity index (χ1v) is 7.02. The Balaban J connectivity index is 1.80. The van der Waals surface area contributed by atoms with Gasteiger partial charge in [-0.05, 0) is 42.0 Å². The molecule has 1 aliphatic rings. The first-order valence-electron chi connectivity index (χ1n) is 7.02. The second-order valence-electron chi connectivity index (χ2n) is 5.34. The van der Waals surface area contributed by atoms with Gasteiger partial charge in [-0.2, -0.15) is 5.10 Å². The van der Waals surface area contributed by atoms with Crippen LogP contribution in [0.3, 0.4) is 0 Å². The van der Waals surface area contributed by atoms with Crippen LogP contribution in [0.2, 0.25) is 0 Å². The van der Waals surface area contributed by atoms with Crippen molar-refractivity contribution in [1.82, 2.24) is 0 Å². The van der Waals surface area contributed by atoms with Gasteiger partial charge in [0.1, 0.15) is 5.82 Å². The first kappa shape index (κ1) is 13.6. The van der Waals surface area contributed by atoms with E-state index in [1.54, 1.807) is 12.1 Å². The molecule has 1 aliphatic heterocycles. The number of benzene rings is 2. The van der Waals surface area contributed by atoms with E-state index in [9.17, 15) is 4.39 Å². The minimum Gasteiger partial charge on any atom is -0.378 e. The van der Waals surface area contributed by atoms with Crippen molar-refractivity contribution in [3.05, 3.63) is 59.9 Å². The van der Waals surface area contributed by atoms with Gasteiger partial charge in [0.05, 0.1) is 11.4 Å². The van der Waals surface area contributed by atoms with Gasteiger partial charge in [-0.1, -0.05) is 12.1 Å². The molecule has 0 N–H and O–H groups in total. The minimum atomic E-state index is -0.214. The lowest BCUT2D eigenvalue weighted by Crippen LogP contribution is -2.12. The molecule has 0 bridgehead atoms. The monoisotopic (exact) mass is 283 g/mol. The van der Waals surface area contributed by atoms with Gasteiger partial charge in [0, 0.05) is 32.7 Å². The highest BCUT2D eigenvalue weighted by molar-refractivity contribution is 6.02. The van der Waals surface area contributed by atoms with Gasteiger partial charge >= 0.3 is 0 Å². The molecule has 0 saturated carbocycles. The summed E-state index contributed by atoms with van der Waals surface area (Å²) < 4.78 is 13.0. The molecule has 0 amide bonds. The second kappa shape index (κ2) is 5.56. The Morgan fingerprint density at radius 2 is 1.67 bits per heavy atom. The molecule has 2 aromatic rings. The van der Waals surface area contributed by atoms with E-state index in [-0.39, 0.29) is 5.82 Å². The Kier molecular flexibility index (Phi) is 3.60. The van der Waals surface area contributed by atoms with Crippen LogP contribution in [0.4, 0.5) is 15.8 Å². The molecule has 0 atom stereocenters. The van der Waals surface area contributed by atoms with Gasteiger partial charge in [-0.15, -0.1) is 0 Å². The summed E-state index contributed by atoms with van der Waals surface area (Å²) in [5.74, 6) is -0.214. The van der Waals surface area contributed by atoms with Crippen LogP contribution in [0.15, 0.2) is 53.6 Å². The largest absolute Gasteiger partial charge is 0.378 e. The van der Waals surface area contributed by atoms with Crippen molar-refractivity contribution in [3.8, 4) is 0 Å². The molecule has 3 nitrogen and oxygen atoms in total. The minimum absolute atomic E-state index is 0.214. The van der Waals surface area contributed by atoms with Crippen LogP contribution >= 0.6 is 0 Å². The van der Waals surface area contributed by atoms with Crippen LogP contribution in [0.1, 0.15) is 12.0 Å². The predicted octanol–water partition coefficient (Wildman–Crippen LogP) is 3.51. The van der Waals surface area contributed by atoms with E-state index in [2.05, 4.69) is 34.3 Å². The molecule has 1 heterocycles. The maximum atomic E-state index is 13.0. The lowest BCUT2D eigenvalue weighted by Gasteiger charge is -2.16. The summed E-state index contributed by atoms with van der Waals surface area (Å²) in [5.41, 5.74) is 4.24. The van der Waals surface area contributed by atoms with Gasteiger partial charge in [0.15, 0.2) is 0 Å². The van der Waals surface area contributed by atoms with Crippen molar-refractivity contribution in [2.75, 3.05) is 30.5 Å². The van der Waals surface area contributed by atoms with Crippen molar-refractivity contribution in [2.24, 2.45) is 5.10 Å². The van der Waals surface area contributed by atoms with E-state index in [1.165, 1.54) is 17.8 Å². The summed E-state index contributed by atoms with van der Waals surface area (Å²) in [5, 5.41) is 6.64. The molecule has 4 heteroatoms. The maximum absolute atomic E-state index is 13.0. The van der Waals surface area contributed by atoms with Crippen LogP contribution in [-0.4, -0.2) is 26.4 Å². The smallest absolute Gasteiger partial charge is 0.123 e. The summed E-state index contributed by atoms with van der Waals surface area (Å²) >= 11 is 0. The van der Waals surface area contributed by atoms with Crippen LogP contribution in [0.5, 0.6) is 0 Å². The van der Waals surface area contributed by atoms with Gasteiger partial charge in [0.2, 0.25) is 0 Å². The fourth-order valence-corrected chi connectivity index (χ4v) is 2.41. The standard InChI is InChI=1S/C17H18FN3/c1-20(2)15-7-9-16(10-8-15)21-12-11-17(19-21)13-3-5-14(18)6-4-13/h3-10H,11-12H2,1-2H3. The normalized spacial score (nSPS) is 14.2.